The molecule has 2 fully saturated rings. The molecule has 1 saturated carbocycles. The lowest BCUT2D eigenvalue weighted by Gasteiger charge is -2.38. The van der Waals surface area contributed by atoms with Gasteiger partial charge in [0.15, 0.2) is 23.2 Å². The van der Waals surface area contributed by atoms with E-state index in [1.54, 1.807) is 6.92 Å². The maximum atomic E-state index is 15.1. The lowest BCUT2D eigenvalue weighted by atomic mass is 9.72. The fourth-order valence-corrected chi connectivity index (χ4v) is 5.74. The molecular weight excluding hydrogens is 444 g/mol. The quantitative estimate of drug-likeness (QED) is 0.374. The highest BCUT2D eigenvalue weighted by Crippen LogP contribution is 2.43. The monoisotopic (exact) mass is 478 g/mol. The van der Waals surface area contributed by atoms with Gasteiger partial charge >= 0.3 is 0 Å². The van der Waals surface area contributed by atoms with Gasteiger partial charge in [-0.2, -0.15) is 4.39 Å². The van der Waals surface area contributed by atoms with Crippen LogP contribution >= 0.6 is 0 Å². The fourth-order valence-electron chi connectivity index (χ4n) is 5.74. The van der Waals surface area contributed by atoms with Crippen LogP contribution in [0.1, 0.15) is 76.7 Å². The third-order valence-electron chi connectivity index (χ3n) is 7.64. The van der Waals surface area contributed by atoms with E-state index >= 15 is 8.78 Å². The van der Waals surface area contributed by atoms with Gasteiger partial charge in [0.25, 0.3) is 0 Å². The summed E-state index contributed by atoms with van der Waals surface area (Å²) in [4.78, 5) is 0. The van der Waals surface area contributed by atoms with Crippen LogP contribution in [0.15, 0.2) is 24.3 Å². The summed E-state index contributed by atoms with van der Waals surface area (Å²) in [7, 11) is 0. The van der Waals surface area contributed by atoms with E-state index in [0.717, 1.165) is 51.6 Å². The molecule has 34 heavy (non-hydrogen) atoms. The van der Waals surface area contributed by atoms with Gasteiger partial charge in [-0.3, -0.25) is 0 Å². The molecule has 0 bridgehead atoms. The molecule has 2 unspecified atom stereocenters. The zero-order valence-corrected chi connectivity index (χ0v) is 20.0. The summed E-state index contributed by atoms with van der Waals surface area (Å²) in [6, 6.07) is 5.36. The van der Waals surface area contributed by atoms with E-state index in [1.165, 1.54) is 30.7 Å². The van der Waals surface area contributed by atoms with Crippen LogP contribution in [0.25, 0.3) is 11.1 Å². The van der Waals surface area contributed by atoms with Gasteiger partial charge in [-0.25, -0.2) is 13.2 Å². The van der Waals surface area contributed by atoms with E-state index in [4.69, 9.17) is 9.47 Å². The van der Waals surface area contributed by atoms with Gasteiger partial charge in [0.2, 0.25) is 5.82 Å². The van der Waals surface area contributed by atoms with Crippen molar-refractivity contribution in [3.63, 3.8) is 0 Å². The number of ether oxygens (including phenoxy) is 2. The Morgan fingerprint density at radius 3 is 2.03 bits per heavy atom. The van der Waals surface area contributed by atoms with Gasteiger partial charge in [0, 0.05) is 11.1 Å². The lowest BCUT2D eigenvalue weighted by Crippen LogP contribution is -2.32. The van der Waals surface area contributed by atoms with E-state index < -0.39 is 23.3 Å². The maximum absolute atomic E-state index is 15.1. The van der Waals surface area contributed by atoms with Gasteiger partial charge in [-0.15, -0.1) is 0 Å². The average Bonchev–Trinajstić information content (AvgIpc) is 2.85. The maximum Gasteiger partial charge on any atom is 0.201 e. The topological polar surface area (TPSA) is 18.5 Å². The smallest absolute Gasteiger partial charge is 0.201 e. The van der Waals surface area contributed by atoms with Crippen molar-refractivity contribution in [3.8, 4) is 16.9 Å². The second-order valence-corrected chi connectivity index (χ2v) is 9.70. The second-order valence-electron chi connectivity index (χ2n) is 9.70. The largest absolute Gasteiger partial charge is 0.491 e. The summed E-state index contributed by atoms with van der Waals surface area (Å²) in [6.07, 6.45) is 8.47. The van der Waals surface area contributed by atoms with Crippen molar-refractivity contribution in [3.05, 3.63) is 53.1 Å². The first-order chi connectivity index (χ1) is 16.4. The molecule has 0 spiro atoms. The molecule has 0 aromatic heterocycles. The summed E-state index contributed by atoms with van der Waals surface area (Å²) in [6.45, 7) is 4.81. The highest BCUT2D eigenvalue weighted by atomic mass is 19.2. The van der Waals surface area contributed by atoms with Crippen molar-refractivity contribution in [1.29, 1.82) is 0 Å². The summed E-state index contributed by atoms with van der Waals surface area (Å²) in [5, 5.41) is 0. The van der Waals surface area contributed by atoms with E-state index in [1.807, 2.05) is 0 Å². The third kappa shape index (κ3) is 5.12. The Hall–Kier alpha value is -2.08. The molecule has 1 aliphatic heterocycles. The summed E-state index contributed by atoms with van der Waals surface area (Å²) in [5.41, 5.74) is -0.268. The van der Waals surface area contributed by atoms with Crippen molar-refractivity contribution in [2.45, 2.75) is 77.2 Å². The molecule has 186 valence electrons. The van der Waals surface area contributed by atoms with Gasteiger partial charge < -0.3 is 9.47 Å². The molecule has 4 rings (SSSR count). The Kier molecular flexibility index (Phi) is 8.18. The van der Waals surface area contributed by atoms with Crippen LogP contribution in [0, 0.1) is 35.1 Å². The predicted octanol–water partition coefficient (Wildman–Crippen LogP) is 8.18. The first kappa shape index (κ1) is 25.0. The minimum Gasteiger partial charge on any atom is -0.491 e. The molecule has 1 aliphatic carbocycles. The van der Waals surface area contributed by atoms with Crippen molar-refractivity contribution >= 4 is 0 Å². The first-order valence-corrected chi connectivity index (χ1v) is 12.6. The molecule has 2 nitrogen and oxygen atoms in total. The number of hydrogen-bond acceptors (Lipinski definition) is 2. The van der Waals surface area contributed by atoms with Gasteiger partial charge in [0.05, 0.1) is 19.3 Å². The van der Waals surface area contributed by atoms with Crippen molar-refractivity contribution in [2.24, 2.45) is 11.8 Å². The average molecular weight is 479 g/mol. The minimum absolute atomic E-state index is 0.0703. The molecule has 0 amide bonds. The second kappa shape index (κ2) is 11.1. The van der Waals surface area contributed by atoms with E-state index in [-0.39, 0.29) is 29.4 Å². The zero-order valence-electron chi connectivity index (χ0n) is 20.0. The molecule has 2 aromatic rings. The Morgan fingerprint density at radius 2 is 1.41 bits per heavy atom. The number of hydrogen-bond donors (Lipinski definition) is 0. The molecule has 2 aromatic carbocycles. The van der Waals surface area contributed by atoms with Crippen molar-refractivity contribution in [2.75, 3.05) is 13.2 Å². The van der Waals surface area contributed by atoms with Gasteiger partial charge in [-0.05, 0) is 87.3 Å². The number of rotatable bonds is 7. The molecule has 1 saturated heterocycles. The van der Waals surface area contributed by atoms with Crippen LogP contribution in [0.5, 0.6) is 5.75 Å². The van der Waals surface area contributed by atoms with Crippen LogP contribution in [-0.4, -0.2) is 19.3 Å². The Morgan fingerprint density at radius 1 is 0.765 bits per heavy atom. The Bertz CT molecular complexity index is 977. The molecule has 0 radical (unpaired) electrons. The molecule has 2 atom stereocenters. The zero-order chi connectivity index (χ0) is 24.2. The third-order valence-corrected chi connectivity index (χ3v) is 7.64. The molecule has 6 heteroatoms. The molecule has 0 N–H and O–H groups in total. The Balaban J connectivity index is 1.44. The molecular formula is C28H34F4O2. The van der Waals surface area contributed by atoms with Crippen LogP contribution in [0.3, 0.4) is 0 Å². The summed E-state index contributed by atoms with van der Waals surface area (Å²) < 4.78 is 70.0. The van der Waals surface area contributed by atoms with E-state index in [2.05, 4.69) is 6.92 Å². The van der Waals surface area contributed by atoms with Crippen LogP contribution in [-0.2, 0) is 4.74 Å². The normalized spacial score (nSPS) is 25.4. The standard InChI is InChI=1S/C28H34F4O2/c1-3-5-20-11-10-19(16-34-20)17-6-8-18(9-7-17)21-12-13-22(26(30)25(21)29)23-14-15-24(33-4-2)28(32)27(23)31/h12-15,17-20H,3-11,16H2,1-2H3. The van der Waals surface area contributed by atoms with E-state index in [9.17, 15) is 8.78 Å². The SMILES string of the molecule is CCCC1CCC(C2CCC(c3ccc(-c4ccc(OCC)c(F)c4F)c(F)c3F)CC2)CO1. The first-order valence-electron chi connectivity index (χ1n) is 12.6. The van der Waals surface area contributed by atoms with Crippen LogP contribution in [0.2, 0.25) is 0 Å². The lowest BCUT2D eigenvalue weighted by molar-refractivity contribution is -0.0409. The van der Waals surface area contributed by atoms with Gasteiger partial charge in [-0.1, -0.05) is 25.5 Å². The number of halogens is 4. The molecule has 1 heterocycles. The fraction of sp³-hybridized carbons (Fsp3) is 0.571. The Labute approximate surface area is 199 Å². The van der Waals surface area contributed by atoms with Crippen LogP contribution < -0.4 is 4.74 Å². The summed E-state index contributed by atoms with van der Waals surface area (Å²) in [5.74, 6) is -3.74. The molecule has 2 aliphatic rings. The van der Waals surface area contributed by atoms with E-state index in [0.29, 0.717) is 23.5 Å². The van der Waals surface area contributed by atoms with Crippen molar-refractivity contribution in [1.82, 2.24) is 0 Å². The predicted molar refractivity (Wildman–Crippen MR) is 125 cm³/mol. The van der Waals surface area contributed by atoms with Crippen molar-refractivity contribution < 1.29 is 27.0 Å². The van der Waals surface area contributed by atoms with Crippen LogP contribution in [0.4, 0.5) is 17.6 Å². The highest BCUT2D eigenvalue weighted by molar-refractivity contribution is 5.66. The highest BCUT2D eigenvalue weighted by Gasteiger charge is 2.33. The summed E-state index contributed by atoms with van der Waals surface area (Å²) >= 11 is 0. The van der Waals surface area contributed by atoms with Gasteiger partial charge in [0.1, 0.15) is 0 Å². The number of benzene rings is 2. The minimum atomic E-state index is -1.24.